The lowest BCUT2D eigenvalue weighted by Gasteiger charge is -2.13. The average molecular weight is 410 g/mol. The lowest BCUT2D eigenvalue weighted by Crippen LogP contribution is -2.23. The average Bonchev–Trinajstić information content (AvgIpc) is 3.11. The molecule has 2 aromatic carbocycles. The number of ether oxygens (including phenoxy) is 1. The van der Waals surface area contributed by atoms with E-state index < -0.39 is 11.1 Å². The Bertz CT molecular complexity index is 1220. The van der Waals surface area contributed by atoms with Crippen molar-refractivity contribution >= 4 is 39.9 Å². The molecule has 2 aromatic heterocycles. The summed E-state index contributed by atoms with van der Waals surface area (Å²) in [5, 5.41) is 12.3. The van der Waals surface area contributed by atoms with Gasteiger partial charge in [0.25, 0.3) is 0 Å². The van der Waals surface area contributed by atoms with Gasteiger partial charge in [0, 0.05) is 11.5 Å². The van der Waals surface area contributed by atoms with E-state index >= 15 is 0 Å². The lowest BCUT2D eigenvalue weighted by atomic mass is 10.1. The molecule has 0 aliphatic rings. The maximum atomic E-state index is 13.8. The quantitative estimate of drug-likeness (QED) is 0.492. The maximum absolute atomic E-state index is 13.8. The second-order valence-electron chi connectivity index (χ2n) is 6.62. The number of nitrogens with one attached hydrogen (secondary N) is 1. The molecular weight excluding hydrogens is 391 g/mol. The predicted molar refractivity (Wildman–Crippen MR) is 112 cm³/mol. The Morgan fingerprint density at radius 2 is 2.00 bits per heavy atom. The van der Waals surface area contributed by atoms with Crippen LogP contribution in [-0.4, -0.2) is 32.9 Å². The number of benzene rings is 2. The third-order valence-electron chi connectivity index (χ3n) is 4.66. The molecule has 0 saturated heterocycles. The number of fused-ring (bicyclic) bond motifs is 3. The SMILES string of the molecule is COc1ccc2c(C)cc3nnc(SC(C)C(=O)Nc4ccccc4F)n3c2c1. The van der Waals surface area contributed by atoms with E-state index in [-0.39, 0.29) is 11.6 Å². The number of para-hydroxylation sites is 1. The minimum atomic E-state index is -0.510. The summed E-state index contributed by atoms with van der Waals surface area (Å²) in [6.07, 6.45) is 0. The van der Waals surface area contributed by atoms with Gasteiger partial charge in [0.05, 0.1) is 23.6 Å². The summed E-state index contributed by atoms with van der Waals surface area (Å²) in [6, 6.07) is 13.9. The smallest absolute Gasteiger partial charge is 0.237 e. The first-order valence-corrected chi connectivity index (χ1v) is 9.90. The van der Waals surface area contributed by atoms with Crippen LogP contribution in [0.25, 0.3) is 16.6 Å². The fourth-order valence-electron chi connectivity index (χ4n) is 3.11. The molecule has 148 valence electrons. The standard InChI is InChI=1S/C21H19FN4O2S/c1-12-10-19-24-25-21(26(19)18-11-14(28-3)8-9-15(12)18)29-13(2)20(27)23-17-7-5-4-6-16(17)22/h4-11,13H,1-3H3,(H,23,27). The van der Waals surface area contributed by atoms with Gasteiger partial charge in [-0.1, -0.05) is 23.9 Å². The van der Waals surface area contributed by atoms with Crippen LogP contribution in [0.3, 0.4) is 0 Å². The molecule has 6 nitrogen and oxygen atoms in total. The maximum Gasteiger partial charge on any atom is 0.237 e. The first-order chi connectivity index (χ1) is 14.0. The highest BCUT2D eigenvalue weighted by atomic mass is 32.2. The molecule has 4 aromatic rings. The lowest BCUT2D eigenvalue weighted by molar-refractivity contribution is -0.115. The van der Waals surface area contributed by atoms with Crippen LogP contribution >= 0.6 is 11.8 Å². The summed E-state index contributed by atoms with van der Waals surface area (Å²) >= 11 is 1.26. The van der Waals surface area contributed by atoms with Crippen LogP contribution in [-0.2, 0) is 4.79 Å². The van der Waals surface area contributed by atoms with Gasteiger partial charge >= 0.3 is 0 Å². The van der Waals surface area contributed by atoms with Crippen LogP contribution < -0.4 is 10.1 Å². The zero-order chi connectivity index (χ0) is 20.5. The van der Waals surface area contributed by atoms with Crippen LogP contribution in [0, 0.1) is 12.7 Å². The molecule has 1 unspecified atom stereocenters. The van der Waals surface area contributed by atoms with E-state index in [1.165, 1.54) is 23.9 Å². The third-order valence-corrected chi connectivity index (χ3v) is 5.70. The van der Waals surface area contributed by atoms with Crippen LogP contribution in [0.5, 0.6) is 5.75 Å². The van der Waals surface area contributed by atoms with Crippen molar-refractivity contribution in [1.29, 1.82) is 0 Å². The van der Waals surface area contributed by atoms with Crippen molar-refractivity contribution in [2.24, 2.45) is 0 Å². The molecular formula is C21H19FN4O2S. The number of carbonyl (C=O) groups excluding carboxylic acids is 1. The Morgan fingerprint density at radius 3 is 2.76 bits per heavy atom. The molecule has 2 heterocycles. The van der Waals surface area contributed by atoms with Gasteiger partial charge in [-0.3, -0.25) is 9.20 Å². The van der Waals surface area contributed by atoms with E-state index in [1.807, 2.05) is 35.6 Å². The molecule has 0 saturated carbocycles. The number of anilines is 1. The zero-order valence-electron chi connectivity index (χ0n) is 16.1. The Kier molecular flexibility index (Phi) is 5.10. The van der Waals surface area contributed by atoms with Gasteiger partial charge in [0.2, 0.25) is 5.91 Å². The van der Waals surface area contributed by atoms with Crippen molar-refractivity contribution in [2.45, 2.75) is 24.3 Å². The van der Waals surface area contributed by atoms with Gasteiger partial charge in [-0.2, -0.15) is 0 Å². The minimum absolute atomic E-state index is 0.155. The molecule has 1 atom stereocenters. The topological polar surface area (TPSA) is 68.5 Å². The highest BCUT2D eigenvalue weighted by Crippen LogP contribution is 2.30. The number of aromatic nitrogens is 3. The first-order valence-electron chi connectivity index (χ1n) is 9.02. The number of amides is 1. The molecule has 1 amide bonds. The second kappa shape index (κ2) is 7.71. The van der Waals surface area contributed by atoms with Crippen LogP contribution in [0.1, 0.15) is 12.5 Å². The molecule has 1 N–H and O–H groups in total. The van der Waals surface area contributed by atoms with Gasteiger partial charge < -0.3 is 10.1 Å². The zero-order valence-corrected chi connectivity index (χ0v) is 17.0. The van der Waals surface area contributed by atoms with Crippen LogP contribution in [0.15, 0.2) is 53.7 Å². The van der Waals surface area contributed by atoms with Gasteiger partial charge in [-0.25, -0.2) is 4.39 Å². The Labute approximate surface area is 171 Å². The normalized spacial score (nSPS) is 12.3. The van der Waals surface area contributed by atoms with E-state index in [4.69, 9.17) is 4.74 Å². The molecule has 4 rings (SSSR count). The summed E-state index contributed by atoms with van der Waals surface area (Å²) in [5.41, 5.74) is 2.81. The number of thioether (sulfide) groups is 1. The molecule has 0 fully saturated rings. The number of carbonyl (C=O) groups is 1. The summed E-state index contributed by atoms with van der Waals surface area (Å²) < 4.78 is 21.1. The Morgan fingerprint density at radius 1 is 1.21 bits per heavy atom. The number of aryl methyl sites for hydroxylation is 1. The Balaban J connectivity index is 1.68. The number of nitrogens with zero attached hydrogens (tertiary/aromatic N) is 3. The predicted octanol–water partition coefficient (Wildman–Crippen LogP) is 4.46. The van der Waals surface area contributed by atoms with Gasteiger partial charge in [-0.15, -0.1) is 10.2 Å². The number of hydrogen-bond acceptors (Lipinski definition) is 5. The largest absolute Gasteiger partial charge is 0.497 e. The summed E-state index contributed by atoms with van der Waals surface area (Å²) in [6.45, 7) is 3.76. The number of hydrogen-bond donors (Lipinski definition) is 1. The van der Waals surface area contributed by atoms with E-state index in [0.29, 0.717) is 10.8 Å². The summed E-state index contributed by atoms with van der Waals surface area (Å²) in [7, 11) is 1.62. The van der Waals surface area contributed by atoms with Crippen LogP contribution in [0.4, 0.5) is 10.1 Å². The molecule has 8 heteroatoms. The molecule has 0 radical (unpaired) electrons. The second-order valence-corrected chi connectivity index (χ2v) is 7.92. The van der Waals surface area contributed by atoms with E-state index in [2.05, 4.69) is 15.5 Å². The van der Waals surface area contributed by atoms with Crippen molar-refractivity contribution in [3.63, 3.8) is 0 Å². The van der Waals surface area contributed by atoms with E-state index in [0.717, 1.165) is 22.2 Å². The monoisotopic (exact) mass is 410 g/mol. The summed E-state index contributed by atoms with van der Waals surface area (Å²) in [4.78, 5) is 12.6. The highest BCUT2D eigenvalue weighted by Gasteiger charge is 2.20. The van der Waals surface area contributed by atoms with Gasteiger partial charge in [0.15, 0.2) is 10.8 Å². The fourth-order valence-corrected chi connectivity index (χ4v) is 3.98. The number of rotatable bonds is 5. The van der Waals surface area contributed by atoms with E-state index in [1.54, 1.807) is 26.2 Å². The van der Waals surface area contributed by atoms with Gasteiger partial charge in [0.1, 0.15) is 11.6 Å². The fraction of sp³-hybridized carbons (Fsp3) is 0.190. The Hall–Kier alpha value is -3.13. The van der Waals surface area contributed by atoms with Crippen LogP contribution in [0.2, 0.25) is 0 Å². The van der Waals surface area contributed by atoms with Crippen molar-refractivity contribution in [3.05, 3.63) is 59.9 Å². The summed E-state index contributed by atoms with van der Waals surface area (Å²) in [5.74, 6) is -0.0650. The van der Waals surface area contributed by atoms with Crippen molar-refractivity contribution in [1.82, 2.24) is 14.6 Å². The molecule has 29 heavy (non-hydrogen) atoms. The number of halogens is 1. The van der Waals surface area contributed by atoms with Crippen molar-refractivity contribution < 1.29 is 13.9 Å². The first kappa shape index (κ1) is 19.2. The molecule has 0 aliphatic carbocycles. The molecule has 0 bridgehead atoms. The van der Waals surface area contributed by atoms with Crippen molar-refractivity contribution in [3.8, 4) is 5.75 Å². The highest BCUT2D eigenvalue weighted by molar-refractivity contribution is 8.00. The van der Waals surface area contributed by atoms with Crippen molar-refractivity contribution in [2.75, 3.05) is 12.4 Å². The number of methoxy groups -OCH3 is 1. The number of pyridine rings is 1. The molecule has 0 spiro atoms. The van der Waals surface area contributed by atoms with Gasteiger partial charge in [-0.05, 0) is 49.7 Å². The minimum Gasteiger partial charge on any atom is -0.497 e. The van der Waals surface area contributed by atoms with E-state index in [9.17, 15) is 9.18 Å². The third kappa shape index (κ3) is 3.63. The molecule has 0 aliphatic heterocycles.